The number of aryl methyl sites for hydroxylation is 1. The Balaban J connectivity index is 2.21. The van der Waals surface area contributed by atoms with E-state index in [4.69, 9.17) is 0 Å². The van der Waals surface area contributed by atoms with E-state index in [1.807, 2.05) is 6.08 Å². The largest absolute Gasteiger partial charge is 0.371 e. The summed E-state index contributed by atoms with van der Waals surface area (Å²) in [5.41, 5.74) is 5.02. The zero-order chi connectivity index (χ0) is 13.0. The van der Waals surface area contributed by atoms with E-state index in [9.17, 15) is 0 Å². The molecule has 18 heavy (non-hydrogen) atoms. The van der Waals surface area contributed by atoms with Crippen LogP contribution in [0, 0.1) is 6.92 Å². The Kier molecular flexibility index (Phi) is 3.83. The third-order valence-corrected chi connectivity index (χ3v) is 3.10. The van der Waals surface area contributed by atoms with Crippen LogP contribution in [-0.4, -0.2) is 13.6 Å². The van der Waals surface area contributed by atoms with Gasteiger partial charge in [0.2, 0.25) is 0 Å². The maximum Gasteiger partial charge on any atom is 0.0366 e. The Morgan fingerprint density at radius 3 is 1.94 bits per heavy atom. The Bertz CT molecular complexity index is 508. The standard InChI is InChI=1S/C17H19N/c1-4-13-18(3)17-11-9-16(10-12-17)15-7-5-14(2)6-8-15/h4-12H,1,13H2,2-3H3. The van der Waals surface area contributed by atoms with Gasteiger partial charge in [-0.15, -0.1) is 6.58 Å². The summed E-state index contributed by atoms with van der Waals surface area (Å²) in [6.45, 7) is 6.73. The van der Waals surface area contributed by atoms with Gasteiger partial charge in [-0.3, -0.25) is 0 Å². The van der Waals surface area contributed by atoms with E-state index in [-0.39, 0.29) is 0 Å². The number of hydrogen-bond donors (Lipinski definition) is 0. The minimum atomic E-state index is 0.865. The average molecular weight is 237 g/mol. The molecule has 0 heterocycles. The molecular formula is C17H19N. The number of anilines is 1. The zero-order valence-corrected chi connectivity index (χ0v) is 11.1. The van der Waals surface area contributed by atoms with Gasteiger partial charge in [-0.05, 0) is 30.2 Å². The van der Waals surface area contributed by atoms with Crippen LogP contribution in [0.25, 0.3) is 11.1 Å². The predicted octanol–water partition coefficient (Wildman–Crippen LogP) is 4.28. The lowest BCUT2D eigenvalue weighted by Crippen LogP contribution is -2.16. The zero-order valence-electron chi connectivity index (χ0n) is 11.1. The number of rotatable bonds is 4. The Labute approximate surface area is 109 Å². The second-order valence-electron chi connectivity index (χ2n) is 4.58. The molecule has 0 spiro atoms. The van der Waals surface area contributed by atoms with Gasteiger partial charge in [-0.2, -0.15) is 0 Å². The average Bonchev–Trinajstić information content (AvgIpc) is 2.40. The highest BCUT2D eigenvalue weighted by molar-refractivity contribution is 5.66. The fraction of sp³-hybridized carbons (Fsp3) is 0.176. The maximum absolute atomic E-state index is 3.76. The molecule has 2 aromatic rings. The van der Waals surface area contributed by atoms with Crippen LogP contribution in [0.4, 0.5) is 5.69 Å². The van der Waals surface area contributed by atoms with Crippen LogP contribution in [0.5, 0.6) is 0 Å². The molecule has 2 aromatic carbocycles. The second kappa shape index (κ2) is 5.54. The summed E-state index contributed by atoms with van der Waals surface area (Å²) >= 11 is 0. The first-order valence-electron chi connectivity index (χ1n) is 6.20. The van der Waals surface area contributed by atoms with Crippen LogP contribution in [0.15, 0.2) is 61.2 Å². The molecule has 1 heteroatoms. The fourth-order valence-electron chi connectivity index (χ4n) is 1.95. The lowest BCUT2D eigenvalue weighted by molar-refractivity contribution is 1.03. The van der Waals surface area contributed by atoms with Crippen molar-refractivity contribution in [1.29, 1.82) is 0 Å². The molecule has 1 nitrogen and oxygen atoms in total. The van der Waals surface area contributed by atoms with Gasteiger partial charge in [0, 0.05) is 19.3 Å². The molecule has 0 saturated carbocycles. The van der Waals surface area contributed by atoms with Crippen molar-refractivity contribution in [2.45, 2.75) is 6.92 Å². The van der Waals surface area contributed by atoms with Crippen molar-refractivity contribution in [1.82, 2.24) is 0 Å². The second-order valence-corrected chi connectivity index (χ2v) is 4.58. The summed E-state index contributed by atoms with van der Waals surface area (Å²) in [7, 11) is 2.07. The van der Waals surface area contributed by atoms with Gasteiger partial charge in [0.1, 0.15) is 0 Å². The number of hydrogen-bond acceptors (Lipinski definition) is 1. The molecule has 0 aliphatic carbocycles. The smallest absolute Gasteiger partial charge is 0.0366 e. The Morgan fingerprint density at radius 1 is 0.944 bits per heavy atom. The highest BCUT2D eigenvalue weighted by Gasteiger charge is 2.00. The lowest BCUT2D eigenvalue weighted by atomic mass is 10.0. The highest BCUT2D eigenvalue weighted by Crippen LogP contribution is 2.23. The normalized spacial score (nSPS) is 10.1. The van der Waals surface area contributed by atoms with E-state index in [0.29, 0.717) is 0 Å². The summed E-state index contributed by atoms with van der Waals surface area (Å²) in [6.07, 6.45) is 1.91. The van der Waals surface area contributed by atoms with Gasteiger partial charge >= 0.3 is 0 Å². The van der Waals surface area contributed by atoms with E-state index < -0.39 is 0 Å². The number of likely N-dealkylation sites (N-methyl/N-ethyl adjacent to an activating group) is 1. The van der Waals surface area contributed by atoms with Crippen molar-refractivity contribution in [2.24, 2.45) is 0 Å². The van der Waals surface area contributed by atoms with Crippen LogP contribution < -0.4 is 4.90 Å². The van der Waals surface area contributed by atoms with Crippen LogP contribution in [0.1, 0.15) is 5.56 Å². The van der Waals surface area contributed by atoms with Crippen molar-refractivity contribution in [3.63, 3.8) is 0 Å². The summed E-state index contributed by atoms with van der Waals surface area (Å²) in [5, 5.41) is 0. The Hall–Kier alpha value is -2.02. The van der Waals surface area contributed by atoms with Crippen LogP contribution in [0.3, 0.4) is 0 Å². The van der Waals surface area contributed by atoms with Crippen LogP contribution in [-0.2, 0) is 0 Å². The minimum absolute atomic E-state index is 0.865. The molecule has 0 bridgehead atoms. The summed E-state index contributed by atoms with van der Waals surface area (Å²) in [5.74, 6) is 0. The number of benzene rings is 2. The molecular weight excluding hydrogens is 218 g/mol. The molecule has 0 fully saturated rings. The third kappa shape index (κ3) is 2.80. The molecule has 0 aliphatic rings. The van der Waals surface area contributed by atoms with Crippen molar-refractivity contribution in [2.75, 3.05) is 18.5 Å². The first-order valence-corrected chi connectivity index (χ1v) is 6.20. The lowest BCUT2D eigenvalue weighted by Gasteiger charge is -2.17. The van der Waals surface area contributed by atoms with Gasteiger partial charge in [-0.1, -0.05) is 48.0 Å². The molecule has 0 aromatic heterocycles. The van der Waals surface area contributed by atoms with E-state index in [1.54, 1.807) is 0 Å². The topological polar surface area (TPSA) is 3.24 Å². The van der Waals surface area contributed by atoms with Gasteiger partial charge in [0.15, 0.2) is 0 Å². The third-order valence-electron chi connectivity index (χ3n) is 3.10. The number of nitrogens with zero attached hydrogens (tertiary/aromatic N) is 1. The quantitative estimate of drug-likeness (QED) is 0.717. The SMILES string of the molecule is C=CCN(C)c1ccc(-c2ccc(C)cc2)cc1. The van der Waals surface area contributed by atoms with E-state index in [1.165, 1.54) is 22.4 Å². The molecule has 0 radical (unpaired) electrons. The van der Waals surface area contributed by atoms with Gasteiger partial charge < -0.3 is 4.90 Å². The molecule has 0 unspecified atom stereocenters. The van der Waals surface area contributed by atoms with Crippen molar-refractivity contribution < 1.29 is 0 Å². The van der Waals surface area contributed by atoms with Gasteiger partial charge in [-0.25, -0.2) is 0 Å². The highest BCUT2D eigenvalue weighted by atomic mass is 15.1. The Morgan fingerprint density at radius 2 is 1.44 bits per heavy atom. The van der Waals surface area contributed by atoms with Gasteiger partial charge in [0.05, 0.1) is 0 Å². The summed E-state index contributed by atoms with van der Waals surface area (Å²) in [4.78, 5) is 2.17. The van der Waals surface area contributed by atoms with Crippen molar-refractivity contribution in [3.05, 3.63) is 66.7 Å². The van der Waals surface area contributed by atoms with E-state index in [0.717, 1.165) is 6.54 Å². The van der Waals surface area contributed by atoms with Crippen LogP contribution in [0.2, 0.25) is 0 Å². The molecule has 0 aliphatic heterocycles. The van der Waals surface area contributed by atoms with E-state index >= 15 is 0 Å². The summed E-state index contributed by atoms with van der Waals surface area (Å²) in [6, 6.07) is 17.3. The van der Waals surface area contributed by atoms with Crippen molar-refractivity contribution >= 4 is 5.69 Å². The monoisotopic (exact) mass is 237 g/mol. The molecule has 0 N–H and O–H groups in total. The first kappa shape index (κ1) is 12.4. The predicted molar refractivity (Wildman–Crippen MR) is 80.1 cm³/mol. The molecule has 92 valence electrons. The van der Waals surface area contributed by atoms with Crippen LogP contribution >= 0.6 is 0 Å². The maximum atomic E-state index is 3.76. The fourth-order valence-corrected chi connectivity index (χ4v) is 1.95. The van der Waals surface area contributed by atoms with Crippen molar-refractivity contribution in [3.8, 4) is 11.1 Å². The van der Waals surface area contributed by atoms with E-state index in [2.05, 4.69) is 74.0 Å². The molecule has 2 rings (SSSR count). The molecule has 0 amide bonds. The molecule has 0 saturated heterocycles. The minimum Gasteiger partial charge on any atom is -0.371 e. The first-order chi connectivity index (χ1) is 8.70. The van der Waals surface area contributed by atoms with Gasteiger partial charge in [0.25, 0.3) is 0 Å². The molecule has 0 atom stereocenters. The summed E-state index contributed by atoms with van der Waals surface area (Å²) < 4.78 is 0.